The van der Waals surface area contributed by atoms with Crippen molar-refractivity contribution in [1.29, 1.82) is 0 Å². The van der Waals surface area contributed by atoms with Crippen molar-refractivity contribution in [3.63, 3.8) is 0 Å². The highest BCUT2D eigenvalue weighted by Crippen LogP contribution is 2.28. The van der Waals surface area contributed by atoms with Crippen LogP contribution in [-0.4, -0.2) is 9.97 Å². The molecule has 0 amide bonds. The normalized spacial score (nSPS) is 11.4. The molecular weight excluding hydrogens is 325 g/mol. The van der Waals surface area contributed by atoms with Gasteiger partial charge >= 0.3 is 6.18 Å². The van der Waals surface area contributed by atoms with Gasteiger partial charge < -0.3 is 11.1 Å². The van der Waals surface area contributed by atoms with Gasteiger partial charge in [0.15, 0.2) is 0 Å². The van der Waals surface area contributed by atoms with Gasteiger partial charge in [0.2, 0.25) is 5.82 Å². The second kappa shape index (κ2) is 5.04. The largest absolute Gasteiger partial charge is 0.451 e. The van der Waals surface area contributed by atoms with Gasteiger partial charge in [-0.15, -0.1) is 0 Å². The Morgan fingerprint density at radius 2 is 1.89 bits per heavy atom. The second-order valence-corrected chi connectivity index (χ2v) is 4.55. The fourth-order valence-electron chi connectivity index (χ4n) is 1.37. The molecule has 4 nitrogen and oxygen atoms in total. The first kappa shape index (κ1) is 13.6. The molecule has 1 aromatic heterocycles. The van der Waals surface area contributed by atoms with Gasteiger partial charge in [0.25, 0.3) is 0 Å². The van der Waals surface area contributed by atoms with Gasteiger partial charge in [-0.1, -0.05) is 22.0 Å². The molecule has 19 heavy (non-hydrogen) atoms. The number of anilines is 3. The number of rotatable bonds is 2. The summed E-state index contributed by atoms with van der Waals surface area (Å²) in [5, 5.41) is 2.74. The van der Waals surface area contributed by atoms with Crippen molar-refractivity contribution in [2.24, 2.45) is 0 Å². The predicted octanol–water partition coefficient (Wildman–Crippen LogP) is 3.58. The third-order valence-corrected chi connectivity index (χ3v) is 2.59. The second-order valence-electron chi connectivity index (χ2n) is 3.63. The molecule has 0 spiro atoms. The molecular formula is C11H8BrF3N4. The summed E-state index contributed by atoms with van der Waals surface area (Å²) in [5.41, 5.74) is 5.92. The summed E-state index contributed by atoms with van der Waals surface area (Å²) in [6.45, 7) is 0. The minimum absolute atomic E-state index is 0.0158. The molecule has 1 heterocycles. The van der Waals surface area contributed by atoms with Crippen molar-refractivity contribution >= 4 is 33.3 Å². The quantitative estimate of drug-likeness (QED) is 0.882. The summed E-state index contributed by atoms with van der Waals surface area (Å²) in [6.07, 6.45) is -4.64. The molecule has 0 saturated carbocycles. The average Bonchev–Trinajstić information content (AvgIpc) is 2.26. The minimum Gasteiger partial charge on any atom is -0.384 e. The van der Waals surface area contributed by atoms with Crippen LogP contribution in [0.15, 0.2) is 34.8 Å². The standard InChI is InChI=1S/C11H8BrF3N4/c12-6-2-1-3-7(4-6)17-9-5-8(16)18-10(19-9)11(13,14)15/h1-5H,(H3,16,17,18,19). The van der Waals surface area contributed by atoms with E-state index in [0.29, 0.717) is 5.69 Å². The molecule has 0 atom stereocenters. The predicted molar refractivity (Wildman–Crippen MR) is 68.9 cm³/mol. The van der Waals surface area contributed by atoms with Gasteiger partial charge in [-0.2, -0.15) is 13.2 Å². The number of hydrogen-bond donors (Lipinski definition) is 2. The van der Waals surface area contributed by atoms with E-state index in [9.17, 15) is 13.2 Å². The highest BCUT2D eigenvalue weighted by Gasteiger charge is 2.35. The Balaban J connectivity index is 2.33. The van der Waals surface area contributed by atoms with Gasteiger partial charge in [-0.05, 0) is 18.2 Å². The third-order valence-electron chi connectivity index (χ3n) is 2.10. The molecule has 8 heteroatoms. The fraction of sp³-hybridized carbons (Fsp3) is 0.0909. The zero-order chi connectivity index (χ0) is 14.0. The number of nitrogens with zero attached hydrogens (tertiary/aromatic N) is 2. The van der Waals surface area contributed by atoms with E-state index in [-0.39, 0.29) is 11.6 Å². The summed E-state index contributed by atoms with van der Waals surface area (Å²) in [7, 11) is 0. The maximum absolute atomic E-state index is 12.5. The Morgan fingerprint density at radius 1 is 1.16 bits per heavy atom. The topological polar surface area (TPSA) is 63.8 Å². The van der Waals surface area contributed by atoms with Gasteiger partial charge in [-0.3, -0.25) is 0 Å². The molecule has 0 unspecified atom stereocenters. The minimum atomic E-state index is -4.64. The Kier molecular flexibility index (Phi) is 3.61. The highest BCUT2D eigenvalue weighted by atomic mass is 79.9. The van der Waals surface area contributed by atoms with E-state index < -0.39 is 12.0 Å². The molecule has 100 valence electrons. The number of nitrogens with one attached hydrogen (secondary N) is 1. The molecule has 0 aliphatic carbocycles. The lowest BCUT2D eigenvalue weighted by Crippen LogP contribution is -2.13. The fourth-order valence-corrected chi connectivity index (χ4v) is 1.77. The molecule has 0 radical (unpaired) electrons. The van der Waals surface area contributed by atoms with Gasteiger partial charge in [-0.25, -0.2) is 9.97 Å². The monoisotopic (exact) mass is 332 g/mol. The Hall–Kier alpha value is -1.83. The zero-order valence-electron chi connectivity index (χ0n) is 9.37. The summed E-state index contributed by atoms with van der Waals surface area (Å²) in [4.78, 5) is 6.54. The molecule has 0 aliphatic heterocycles. The molecule has 0 fully saturated rings. The van der Waals surface area contributed by atoms with Crippen LogP contribution >= 0.6 is 15.9 Å². The van der Waals surface area contributed by atoms with Crippen molar-refractivity contribution in [2.45, 2.75) is 6.18 Å². The lowest BCUT2D eigenvalue weighted by molar-refractivity contribution is -0.144. The van der Waals surface area contributed by atoms with Crippen LogP contribution in [0.2, 0.25) is 0 Å². The lowest BCUT2D eigenvalue weighted by Gasteiger charge is -2.10. The summed E-state index contributed by atoms with van der Waals surface area (Å²) in [6, 6.07) is 8.15. The number of benzene rings is 1. The van der Waals surface area contributed by atoms with Crippen LogP contribution in [0.1, 0.15) is 5.82 Å². The van der Waals surface area contributed by atoms with Crippen LogP contribution in [0.5, 0.6) is 0 Å². The van der Waals surface area contributed by atoms with Crippen LogP contribution in [0, 0.1) is 0 Å². The Labute approximate surface area is 115 Å². The maximum Gasteiger partial charge on any atom is 0.451 e. The third kappa shape index (κ3) is 3.57. The lowest BCUT2D eigenvalue weighted by atomic mass is 10.3. The smallest absolute Gasteiger partial charge is 0.384 e. The summed E-state index contributed by atoms with van der Waals surface area (Å²) in [5.74, 6) is -1.54. The number of hydrogen-bond acceptors (Lipinski definition) is 4. The van der Waals surface area contributed by atoms with E-state index in [4.69, 9.17) is 5.73 Å². The first-order valence-electron chi connectivity index (χ1n) is 5.09. The van der Waals surface area contributed by atoms with Crippen LogP contribution in [-0.2, 0) is 6.18 Å². The van der Waals surface area contributed by atoms with Crippen molar-refractivity contribution < 1.29 is 13.2 Å². The van der Waals surface area contributed by atoms with Crippen molar-refractivity contribution in [3.8, 4) is 0 Å². The van der Waals surface area contributed by atoms with Crippen LogP contribution in [0.3, 0.4) is 0 Å². The SMILES string of the molecule is Nc1cc(Nc2cccc(Br)c2)nc(C(F)(F)F)n1. The molecule has 0 bridgehead atoms. The Bertz CT molecular complexity index is 601. The number of alkyl halides is 3. The van der Waals surface area contributed by atoms with Crippen LogP contribution < -0.4 is 11.1 Å². The molecule has 3 N–H and O–H groups in total. The zero-order valence-corrected chi connectivity index (χ0v) is 11.0. The molecule has 2 aromatic rings. The Morgan fingerprint density at radius 3 is 2.53 bits per heavy atom. The molecule has 2 rings (SSSR count). The number of nitrogen functional groups attached to an aromatic ring is 1. The first-order chi connectivity index (χ1) is 8.84. The van der Waals surface area contributed by atoms with E-state index in [1.54, 1.807) is 24.3 Å². The van der Waals surface area contributed by atoms with E-state index >= 15 is 0 Å². The number of aromatic nitrogens is 2. The van der Waals surface area contributed by atoms with Crippen molar-refractivity contribution in [3.05, 3.63) is 40.6 Å². The summed E-state index contributed by atoms with van der Waals surface area (Å²) >= 11 is 3.26. The van der Waals surface area contributed by atoms with Crippen LogP contribution in [0.4, 0.5) is 30.5 Å². The molecule has 0 aliphatic rings. The van der Waals surface area contributed by atoms with Gasteiger partial charge in [0.1, 0.15) is 11.6 Å². The highest BCUT2D eigenvalue weighted by molar-refractivity contribution is 9.10. The molecule has 1 aromatic carbocycles. The van der Waals surface area contributed by atoms with Gasteiger partial charge in [0, 0.05) is 16.2 Å². The number of halogens is 4. The van der Waals surface area contributed by atoms with Crippen LogP contribution in [0.25, 0.3) is 0 Å². The summed E-state index contributed by atoms with van der Waals surface area (Å²) < 4.78 is 38.4. The molecule has 0 saturated heterocycles. The van der Waals surface area contributed by atoms with Gasteiger partial charge in [0.05, 0.1) is 0 Å². The number of nitrogens with two attached hydrogens (primary N) is 1. The van der Waals surface area contributed by atoms with Crippen molar-refractivity contribution in [1.82, 2.24) is 9.97 Å². The first-order valence-corrected chi connectivity index (χ1v) is 5.88. The van der Waals surface area contributed by atoms with E-state index in [2.05, 4.69) is 31.2 Å². The van der Waals surface area contributed by atoms with Crippen molar-refractivity contribution in [2.75, 3.05) is 11.1 Å². The van der Waals surface area contributed by atoms with E-state index in [0.717, 1.165) is 4.47 Å². The van der Waals surface area contributed by atoms with E-state index in [1.807, 2.05) is 0 Å². The average molecular weight is 333 g/mol. The maximum atomic E-state index is 12.5. The van der Waals surface area contributed by atoms with E-state index in [1.165, 1.54) is 6.07 Å².